The van der Waals surface area contributed by atoms with E-state index in [1.54, 1.807) is 27.5 Å². The van der Waals surface area contributed by atoms with Crippen molar-refractivity contribution in [2.75, 3.05) is 21.3 Å². The predicted molar refractivity (Wildman–Crippen MR) is 115 cm³/mol. The van der Waals surface area contributed by atoms with Crippen molar-refractivity contribution in [2.24, 2.45) is 10.8 Å². The first-order chi connectivity index (χ1) is 13.6. The maximum Gasteiger partial charge on any atom is 0.203 e. The van der Waals surface area contributed by atoms with E-state index in [-0.39, 0.29) is 5.11 Å². The Morgan fingerprint density at radius 3 is 2.43 bits per heavy atom. The number of nitrogens with zero attached hydrogens (tertiary/aromatic N) is 2. The van der Waals surface area contributed by atoms with Crippen molar-refractivity contribution in [3.63, 3.8) is 0 Å². The Morgan fingerprint density at radius 1 is 1.14 bits per heavy atom. The van der Waals surface area contributed by atoms with Gasteiger partial charge in [-0.25, -0.2) is 0 Å². The van der Waals surface area contributed by atoms with Gasteiger partial charge in [0.25, 0.3) is 0 Å². The Bertz CT molecular complexity index is 1000. The lowest BCUT2D eigenvalue weighted by Gasteiger charge is -2.14. The summed E-state index contributed by atoms with van der Waals surface area (Å²) in [5.41, 5.74) is 11.0. The molecule has 0 aliphatic carbocycles. The molecule has 0 aliphatic rings. The summed E-state index contributed by atoms with van der Waals surface area (Å²) in [6.45, 7) is 0.619. The molecule has 0 saturated carbocycles. The van der Waals surface area contributed by atoms with E-state index in [1.165, 1.54) is 0 Å². The number of para-hydroxylation sites is 1. The van der Waals surface area contributed by atoms with Crippen LogP contribution in [0, 0.1) is 0 Å². The Hall–Kier alpha value is -3.26. The summed E-state index contributed by atoms with van der Waals surface area (Å²) in [6, 6.07) is 12.0. The van der Waals surface area contributed by atoms with Crippen LogP contribution in [-0.4, -0.2) is 37.2 Å². The summed E-state index contributed by atoms with van der Waals surface area (Å²) < 4.78 is 18.5. The number of ether oxygens (including phenoxy) is 3. The van der Waals surface area contributed by atoms with Crippen molar-refractivity contribution in [1.82, 2.24) is 9.99 Å². The van der Waals surface area contributed by atoms with Crippen LogP contribution in [0.3, 0.4) is 0 Å². The van der Waals surface area contributed by atoms with Crippen molar-refractivity contribution in [3.8, 4) is 17.2 Å². The number of hydrogen-bond acceptors (Lipinski definition) is 5. The smallest absolute Gasteiger partial charge is 0.203 e. The second kappa shape index (κ2) is 8.62. The molecule has 3 N–H and O–H groups in total. The number of benzene rings is 2. The first-order valence-corrected chi connectivity index (χ1v) is 8.93. The maximum atomic E-state index is 5.46. The molecule has 3 rings (SSSR count). The highest BCUT2D eigenvalue weighted by Gasteiger charge is 2.14. The second-order valence-electron chi connectivity index (χ2n) is 6.00. The molecule has 8 heteroatoms. The fourth-order valence-corrected chi connectivity index (χ4v) is 3.15. The first kappa shape index (κ1) is 19.5. The SMILES string of the molecule is COc1cc(Cn2cc(C=NNC(N)=S)c3ccccc32)cc(OC)c1OC. The van der Waals surface area contributed by atoms with Crippen LogP contribution in [0.1, 0.15) is 11.1 Å². The van der Waals surface area contributed by atoms with E-state index in [2.05, 4.69) is 21.2 Å². The van der Waals surface area contributed by atoms with E-state index in [1.807, 2.05) is 36.5 Å². The molecule has 0 unspecified atom stereocenters. The monoisotopic (exact) mass is 398 g/mol. The van der Waals surface area contributed by atoms with E-state index in [9.17, 15) is 0 Å². The fraction of sp³-hybridized carbons (Fsp3) is 0.200. The van der Waals surface area contributed by atoms with Crippen molar-refractivity contribution in [3.05, 3.63) is 53.7 Å². The van der Waals surface area contributed by atoms with Gasteiger partial charge in [0.2, 0.25) is 5.75 Å². The average molecular weight is 398 g/mol. The molecule has 0 saturated heterocycles. The Balaban J connectivity index is 2.01. The fourth-order valence-electron chi connectivity index (χ4n) is 3.10. The molecule has 1 aromatic heterocycles. The summed E-state index contributed by atoms with van der Waals surface area (Å²) >= 11 is 4.78. The van der Waals surface area contributed by atoms with Gasteiger partial charge in [0.05, 0.1) is 27.5 Å². The number of aromatic nitrogens is 1. The molecule has 0 aliphatic heterocycles. The van der Waals surface area contributed by atoms with Crippen LogP contribution >= 0.6 is 12.2 Å². The second-order valence-corrected chi connectivity index (χ2v) is 6.44. The van der Waals surface area contributed by atoms with E-state index in [4.69, 9.17) is 32.2 Å². The van der Waals surface area contributed by atoms with Gasteiger partial charge in [-0.2, -0.15) is 5.10 Å². The van der Waals surface area contributed by atoms with Crippen molar-refractivity contribution < 1.29 is 14.2 Å². The highest BCUT2D eigenvalue weighted by molar-refractivity contribution is 7.80. The predicted octanol–water partition coefficient (Wildman–Crippen LogP) is 2.88. The van der Waals surface area contributed by atoms with Gasteiger partial charge in [-0.3, -0.25) is 5.43 Å². The molecule has 2 aromatic carbocycles. The van der Waals surface area contributed by atoms with Gasteiger partial charge in [-0.1, -0.05) is 18.2 Å². The quantitative estimate of drug-likeness (QED) is 0.362. The summed E-state index contributed by atoms with van der Waals surface area (Å²) in [4.78, 5) is 0. The van der Waals surface area contributed by atoms with E-state index in [0.29, 0.717) is 23.8 Å². The van der Waals surface area contributed by atoms with Crippen LogP contribution in [0.5, 0.6) is 17.2 Å². The van der Waals surface area contributed by atoms with Crippen LogP contribution in [0.15, 0.2) is 47.7 Å². The lowest BCUT2D eigenvalue weighted by atomic mass is 10.1. The third-order valence-corrected chi connectivity index (χ3v) is 4.37. The zero-order valence-corrected chi connectivity index (χ0v) is 16.7. The minimum Gasteiger partial charge on any atom is -0.493 e. The topological polar surface area (TPSA) is 83.0 Å². The number of hydrogen-bond donors (Lipinski definition) is 2. The molecule has 0 amide bonds. The summed E-state index contributed by atoms with van der Waals surface area (Å²) in [7, 11) is 4.80. The standard InChI is InChI=1S/C20H22N4O3S/c1-25-17-8-13(9-18(26-2)19(17)27-3)11-24-12-14(10-22-23-20(21)28)15-6-4-5-7-16(15)24/h4-10,12H,11H2,1-3H3,(H3,21,23,28). The molecule has 146 valence electrons. The van der Waals surface area contributed by atoms with Gasteiger partial charge in [-0.05, 0) is 36.0 Å². The lowest BCUT2D eigenvalue weighted by Crippen LogP contribution is -2.23. The van der Waals surface area contributed by atoms with Gasteiger partial charge < -0.3 is 24.5 Å². The molecular formula is C20H22N4O3S. The Labute approximate surface area is 168 Å². The van der Waals surface area contributed by atoms with Gasteiger partial charge >= 0.3 is 0 Å². The van der Waals surface area contributed by atoms with Gasteiger partial charge in [0.1, 0.15) is 0 Å². The van der Waals surface area contributed by atoms with Crippen LogP contribution in [-0.2, 0) is 6.54 Å². The van der Waals surface area contributed by atoms with Gasteiger partial charge in [-0.15, -0.1) is 0 Å². The number of nitrogens with two attached hydrogens (primary N) is 1. The molecule has 7 nitrogen and oxygen atoms in total. The van der Waals surface area contributed by atoms with Gasteiger partial charge in [0.15, 0.2) is 16.6 Å². The number of fused-ring (bicyclic) bond motifs is 1. The number of nitrogens with one attached hydrogen (secondary N) is 1. The molecule has 28 heavy (non-hydrogen) atoms. The van der Waals surface area contributed by atoms with Crippen LogP contribution in [0.25, 0.3) is 10.9 Å². The highest BCUT2D eigenvalue weighted by Crippen LogP contribution is 2.38. The van der Waals surface area contributed by atoms with Crippen LogP contribution in [0.4, 0.5) is 0 Å². The molecule has 1 heterocycles. The van der Waals surface area contributed by atoms with E-state index in [0.717, 1.165) is 22.0 Å². The number of rotatable bonds is 7. The van der Waals surface area contributed by atoms with Crippen molar-refractivity contribution in [2.45, 2.75) is 6.54 Å². The summed E-state index contributed by atoms with van der Waals surface area (Å²) in [5, 5.41) is 5.27. The Kier molecular flexibility index (Phi) is 6.00. The molecule has 0 bridgehead atoms. The summed E-state index contributed by atoms with van der Waals surface area (Å²) in [5.74, 6) is 1.81. The molecule has 0 atom stereocenters. The van der Waals surface area contributed by atoms with Gasteiger partial charge in [0, 0.05) is 29.2 Å². The minimum atomic E-state index is 0.123. The summed E-state index contributed by atoms with van der Waals surface area (Å²) in [6.07, 6.45) is 3.73. The maximum absolute atomic E-state index is 5.46. The molecular weight excluding hydrogens is 376 g/mol. The number of hydrazone groups is 1. The first-order valence-electron chi connectivity index (χ1n) is 8.52. The zero-order valence-electron chi connectivity index (χ0n) is 15.9. The third kappa shape index (κ3) is 4.01. The van der Waals surface area contributed by atoms with E-state index < -0.39 is 0 Å². The zero-order chi connectivity index (χ0) is 20.1. The van der Waals surface area contributed by atoms with Crippen LogP contribution < -0.4 is 25.4 Å². The van der Waals surface area contributed by atoms with E-state index >= 15 is 0 Å². The van der Waals surface area contributed by atoms with Crippen LogP contribution in [0.2, 0.25) is 0 Å². The molecule has 0 radical (unpaired) electrons. The highest BCUT2D eigenvalue weighted by atomic mass is 32.1. The van der Waals surface area contributed by atoms with Crippen molar-refractivity contribution in [1.29, 1.82) is 0 Å². The molecule has 0 fully saturated rings. The Morgan fingerprint density at radius 2 is 1.82 bits per heavy atom. The molecule has 3 aromatic rings. The average Bonchev–Trinajstić information content (AvgIpc) is 3.04. The largest absolute Gasteiger partial charge is 0.493 e. The normalized spacial score (nSPS) is 11.0. The number of thiocarbonyl (C=S) groups is 1. The number of methoxy groups -OCH3 is 3. The molecule has 0 spiro atoms. The third-order valence-electron chi connectivity index (χ3n) is 4.28. The lowest BCUT2D eigenvalue weighted by molar-refractivity contribution is 0.323. The van der Waals surface area contributed by atoms with Crippen molar-refractivity contribution >= 4 is 34.4 Å². The minimum absolute atomic E-state index is 0.123.